The van der Waals surface area contributed by atoms with Crippen LogP contribution in [0, 0.1) is 19.4 Å². The lowest BCUT2D eigenvalue weighted by Gasteiger charge is -2.32. The van der Waals surface area contributed by atoms with Gasteiger partial charge in [-0.05, 0) is 77.3 Å². The fourth-order valence-electron chi connectivity index (χ4n) is 4.88. The van der Waals surface area contributed by atoms with Gasteiger partial charge < -0.3 is 25.2 Å². The van der Waals surface area contributed by atoms with E-state index in [-0.39, 0.29) is 18.6 Å². The summed E-state index contributed by atoms with van der Waals surface area (Å²) in [5.41, 5.74) is 0.881. The summed E-state index contributed by atoms with van der Waals surface area (Å²) < 4.78 is 11.1. The number of benzene rings is 3. The number of nitrogens with zero attached hydrogens (tertiary/aromatic N) is 1. The average molecular weight is 656 g/mol. The van der Waals surface area contributed by atoms with Gasteiger partial charge in [0.05, 0.1) is 0 Å². The van der Waals surface area contributed by atoms with Gasteiger partial charge in [0.1, 0.15) is 35.1 Å². The second-order valence-electron chi connectivity index (χ2n) is 13.5. The molecular formula is C38H45N3O7. The molecule has 0 radical (unpaired) electrons. The zero-order valence-electron chi connectivity index (χ0n) is 28.6. The number of phenols is 1. The number of hydrogen-bond donors (Lipinski definition) is 3. The van der Waals surface area contributed by atoms with E-state index in [0.717, 1.165) is 16.0 Å². The molecule has 0 aromatic heterocycles. The number of amides is 3. The normalized spacial score (nSPS) is 13.2. The average Bonchev–Trinajstić information content (AvgIpc) is 2.98. The minimum absolute atomic E-state index is 0.0261. The van der Waals surface area contributed by atoms with E-state index in [0.29, 0.717) is 11.1 Å². The summed E-state index contributed by atoms with van der Waals surface area (Å²) >= 11 is 0. The van der Waals surface area contributed by atoms with E-state index in [1.54, 1.807) is 71.9 Å². The SMILES string of the molecule is C#CN(C(=O)C(Cc1ccc(O)cc1)NC(=O)OC(C)(C)C)C(C(=O)NC(Cc1ccccc1)C(=O)OC(C)(C)C)c1cccc(C)c1. The van der Waals surface area contributed by atoms with E-state index < -0.39 is 53.2 Å². The van der Waals surface area contributed by atoms with Gasteiger partial charge in [-0.25, -0.2) is 9.59 Å². The van der Waals surface area contributed by atoms with E-state index in [1.807, 2.05) is 43.3 Å². The maximum Gasteiger partial charge on any atom is 0.408 e. The number of aryl methyl sites for hydroxylation is 1. The summed E-state index contributed by atoms with van der Waals surface area (Å²) in [7, 11) is 0. The first-order valence-corrected chi connectivity index (χ1v) is 15.7. The Morgan fingerprint density at radius 2 is 1.38 bits per heavy atom. The maximum absolute atomic E-state index is 14.3. The van der Waals surface area contributed by atoms with Gasteiger partial charge >= 0.3 is 12.1 Å². The molecule has 3 atom stereocenters. The smallest absolute Gasteiger partial charge is 0.408 e. The third kappa shape index (κ3) is 11.5. The number of rotatable bonds is 11. The second-order valence-corrected chi connectivity index (χ2v) is 13.5. The lowest BCUT2D eigenvalue weighted by Crippen LogP contribution is -2.54. The van der Waals surface area contributed by atoms with Crippen molar-refractivity contribution in [2.24, 2.45) is 0 Å². The zero-order chi connectivity index (χ0) is 35.6. The molecule has 10 nitrogen and oxygen atoms in total. The molecule has 0 aliphatic heterocycles. The van der Waals surface area contributed by atoms with Gasteiger partial charge in [0.15, 0.2) is 0 Å². The van der Waals surface area contributed by atoms with E-state index in [9.17, 15) is 24.3 Å². The van der Waals surface area contributed by atoms with Crippen LogP contribution in [-0.2, 0) is 36.7 Å². The lowest BCUT2D eigenvalue weighted by molar-refractivity contribution is -0.159. The van der Waals surface area contributed by atoms with Crippen LogP contribution in [0.15, 0.2) is 78.9 Å². The Balaban J connectivity index is 2.05. The highest BCUT2D eigenvalue weighted by Gasteiger charge is 2.38. The highest BCUT2D eigenvalue weighted by atomic mass is 16.6. The predicted molar refractivity (Wildman–Crippen MR) is 182 cm³/mol. The summed E-state index contributed by atoms with van der Waals surface area (Å²) in [6.45, 7) is 12.1. The molecule has 0 aliphatic rings. The fraction of sp³-hybridized carbons (Fsp3) is 0.368. The van der Waals surface area contributed by atoms with Gasteiger partial charge in [0.2, 0.25) is 5.91 Å². The van der Waals surface area contributed by atoms with Crippen molar-refractivity contribution in [2.45, 2.75) is 90.6 Å². The quantitative estimate of drug-likeness (QED) is 0.144. The lowest BCUT2D eigenvalue weighted by atomic mass is 9.98. The number of esters is 1. The fourth-order valence-corrected chi connectivity index (χ4v) is 4.88. The predicted octanol–water partition coefficient (Wildman–Crippen LogP) is 5.37. The Bertz CT molecular complexity index is 1620. The largest absolute Gasteiger partial charge is 0.508 e. The van der Waals surface area contributed by atoms with Gasteiger partial charge in [-0.2, -0.15) is 0 Å². The van der Waals surface area contributed by atoms with Crippen LogP contribution < -0.4 is 10.6 Å². The number of phenolic OH excluding ortho intramolecular Hbond substituents is 1. The maximum atomic E-state index is 14.3. The topological polar surface area (TPSA) is 134 Å². The first-order chi connectivity index (χ1) is 22.5. The highest BCUT2D eigenvalue weighted by molar-refractivity contribution is 5.95. The summed E-state index contributed by atoms with van der Waals surface area (Å²) in [6.07, 6.45) is 5.20. The third-order valence-corrected chi connectivity index (χ3v) is 6.90. The highest BCUT2D eigenvalue weighted by Crippen LogP contribution is 2.25. The molecular weight excluding hydrogens is 610 g/mol. The van der Waals surface area contributed by atoms with Crippen LogP contribution in [0.2, 0.25) is 0 Å². The number of aromatic hydroxyl groups is 1. The van der Waals surface area contributed by atoms with Crippen LogP contribution in [0.1, 0.15) is 69.8 Å². The van der Waals surface area contributed by atoms with Crippen molar-refractivity contribution in [1.82, 2.24) is 15.5 Å². The Hall–Kier alpha value is -5.30. The Morgan fingerprint density at radius 3 is 1.94 bits per heavy atom. The molecule has 3 rings (SSSR count). The molecule has 0 saturated carbocycles. The van der Waals surface area contributed by atoms with Crippen molar-refractivity contribution < 1.29 is 33.8 Å². The summed E-state index contributed by atoms with van der Waals surface area (Å²) in [6, 6.07) is 20.8. The van der Waals surface area contributed by atoms with Gasteiger partial charge in [-0.15, -0.1) is 0 Å². The molecule has 48 heavy (non-hydrogen) atoms. The van der Waals surface area contributed by atoms with E-state index in [2.05, 4.69) is 16.7 Å². The summed E-state index contributed by atoms with van der Waals surface area (Å²) in [5, 5.41) is 15.2. The van der Waals surface area contributed by atoms with E-state index >= 15 is 0 Å². The first kappa shape index (κ1) is 37.2. The minimum atomic E-state index is -1.40. The molecule has 3 unspecified atom stereocenters. The van der Waals surface area contributed by atoms with Crippen molar-refractivity contribution in [3.8, 4) is 18.2 Å². The number of alkyl carbamates (subject to hydrolysis) is 1. The summed E-state index contributed by atoms with van der Waals surface area (Å²) in [5.74, 6) is -2.12. The number of carbonyl (C=O) groups is 4. The number of nitrogens with one attached hydrogen (secondary N) is 2. The van der Waals surface area contributed by atoms with Crippen LogP contribution in [0.5, 0.6) is 5.75 Å². The van der Waals surface area contributed by atoms with Gasteiger partial charge in [-0.1, -0.05) is 78.7 Å². The van der Waals surface area contributed by atoms with Crippen LogP contribution in [0.4, 0.5) is 4.79 Å². The third-order valence-electron chi connectivity index (χ3n) is 6.90. The number of hydrogen-bond acceptors (Lipinski definition) is 7. The molecule has 3 aromatic rings. The van der Waals surface area contributed by atoms with Gasteiger partial charge in [0, 0.05) is 18.9 Å². The van der Waals surface area contributed by atoms with Crippen LogP contribution >= 0.6 is 0 Å². The number of ether oxygens (including phenoxy) is 2. The van der Waals surface area contributed by atoms with Crippen molar-refractivity contribution in [3.63, 3.8) is 0 Å². The molecule has 10 heteroatoms. The molecule has 0 spiro atoms. The first-order valence-electron chi connectivity index (χ1n) is 15.7. The molecule has 3 aromatic carbocycles. The molecule has 0 bridgehead atoms. The van der Waals surface area contributed by atoms with Gasteiger partial charge in [-0.3, -0.25) is 14.5 Å². The minimum Gasteiger partial charge on any atom is -0.508 e. The van der Waals surface area contributed by atoms with Crippen molar-refractivity contribution in [1.29, 1.82) is 0 Å². The molecule has 254 valence electrons. The number of carbonyl (C=O) groups excluding carboxylic acids is 4. The van der Waals surface area contributed by atoms with Crippen molar-refractivity contribution >= 4 is 23.9 Å². The molecule has 0 fully saturated rings. The number of terminal acetylenes is 1. The molecule has 3 amide bonds. The van der Waals surface area contributed by atoms with Crippen LogP contribution in [-0.4, -0.2) is 57.2 Å². The van der Waals surface area contributed by atoms with Crippen LogP contribution in [0.3, 0.4) is 0 Å². The zero-order valence-corrected chi connectivity index (χ0v) is 28.6. The second kappa shape index (κ2) is 16.0. The van der Waals surface area contributed by atoms with Crippen molar-refractivity contribution in [2.75, 3.05) is 0 Å². The Kier molecular flexibility index (Phi) is 12.4. The molecule has 0 saturated heterocycles. The molecule has 3 N–H and O–H groups in total. The Labute approximate surface area is 282 Å². The molecule has 0 heterocycles. The van der Waals surface area contributed by atoms with Crippen molar-refractivity contribution in [3.05, 3.63) is 101 Å². The monoisotopic (exact) mass is 655 g/mol. The van der Waals surface area contributed by atoms with E-state index in [1.165, 1.54) is 12.1 Å². The van der Waals surface area contributed by atoms with Gasteiger partial charge in [0.25, 0.3) is 5.91 Å². The molecule has 0 aliphatic carbocycles. The van der Waals surface area contributed by atoms with E-state index in [4.69, 9.17) is 15.9 Å². The standard InChI is InChI=1S/C38H45N3O7/c1-9-41(34(44)30(40-36(46)48-38(6,7)8)23-27-18-20-29(42)21-19-27)32(28-17-13-14-25(2)22-28)33(43)39-31(35(45)47-37(3,4)5)24-26-15-11-10-12-16-26/h1,10-22,30-32,42H,23-24H2,2-8H3,(H,39,43)(H,40,46). The summed E-state index contributed by atoms with van der Waals surface area (Å²) in [4.78, 5) is 55.9. The Morgan fingerprint density at radius 1 is 0.792 bits per heavy atom. The van der Waals surface area contributed by atoms with Crippen LogP contribution in [0.25, 0.3) is 0 Å².